The van der Waals surface area contributed by atoms with Crippen LogP contribution in [0.4, 0.5) is 0 Å². The van der Waals surface area contributed by atoms with E-state index < -0.39 is 0 Å². The number of hydrogen-bond acceptors (Lipinski definition) is 6. The predicted molar refractivity (Wildman–Crippen MR) is 111 cm³/mol. The van der Waals surface area contributed by atoms with Crippen LogP contribution in [0.3, 0.4) is 0 Å². The zero-order valence-corrected chi connectivity index (χ0v) is 18.8. The lowest BCUT2D eigenvalue weighted by Gasteiger charge is -2.14. The molecule has 0 atom stereocenters. The third kappa shape index (κ3) is 18.6. The molecule has 9 heteroatoms. The Bertz CT molecular complexity index is 374. The molecule has 160 valence electrons. The molecule has 0 saturated heterocycles. The lowest BCUT2D eigenvalue weighted by Crippen LogP contribution is -2.27. The van der Waals surface area contributed by atoms with Crippen molar-refractivity contribution in [2.24, 2.45) is 0 Å². The van der Waals surface area contributed by atoms with Crippen molar-refractivity contribution >= 4 is 34.7 Å². The first-order chi connectivity index (χ1) is 13.1. The molecule has 0 aromatic carbocycles. The summed E-state index contributed by atoms with van der Waals surface area (Å²) in [7, 11) is 0. The van der Waals surface area contributed by atoms with Crippen LogP contribution in [-0.4, -0.2) is 68.0 Å². The highest BCUT2D eigenvalue weighted by Gasteiger charge is 2.09. The lowest BCUT2D eigenvalue weighted by molar-refractivity contribution is -0.126. The average molecular weight is 502 g/mol. The summed E-state index contributed by atoms with van der Waals surface area (Å²) in [5.74, 6) is 0.150. The van der Waals surface area contributed by atoms with Crippen molar-refractivity contribution in [1.82, 2.24) is 8.43 Å². The zero-order valence-electron chi connectivity index (χ0n) is 16.7. The zero-order chi connectivity index (χ0) is 20.2. The smallest absolute Gasteiger partial charge is 0.231 e. The molecule has 0 aromatic heterocycles. The van der Waals surface area contributed by atoms with Gasteiger partial charge in [-0.2, -0.15) is 0 Å². The Balaban J connectivity index is 3.43. The van der Waals surface area contributed by atoms with E-state index in [0.29, 0.717) is 52.4 Å². The van der Waals surface area contributed by atoms with Gasteiger partial charge in [0.2, 0.25) is 11.8 Å². The van der Waals surface area contributed by atoms with Crippen molar-refractivity contribution in [2.45, 2.75) is 52.4 Å². The Labute approximate surface area is 177 Å². The second-order valence-electron chi connectivity index (χ2n) is 5.78. The van der Waals surface area contributed by atoms with E-state index in [9.17, 15) is 9.59 Å². The van der Waals surface area contributed by atoms with Gasteiger partial charge in [0.1, 0.15) is 13.6 Å². The standard InChI is InChI=1S/C18H35IN2O6/c1-3-24-15-26-13-11-20-17(22)9-7-5-6-8-10-18(23)21(19)12-14-27-16-25-4-2/h3-16H2,1-2H3,(H,20,22). The molecule has 0 aliphatic rings. The highest BCUT2D eigenvalue weighted by molar-refractivity contribution is 14.1. The van der Waals surface area contributed by atoms with Crippen LogP contribution in [0.5, 0.6) is 0 Å². The number of unbranched alkanes of at least 4 members (excludes halogenated alkanes) is 3. The molecule has 0 fully saturated rings. The van der Waals surface area contributed by atoms with Crippen LogP contribution >= 0.6 is 22.9 Å². The summed E-state index contributed by atoms with van der Waals surface area (Å²) in [5.41, 5.74) is 0. The van der Waals surface area contributed by atoms with Gasteiger partial charge < -0.3 is 24.3 Å². The molecule has 0 aliphatic carbocycles. The molecule has 0 radical (unpaired) electrons. The molecule has 0 unspecified atom stereocenters. The van der Waals surface area contributed by atoms with Crippen molar-refractivity contribution in [2.75, 3.05) is 53.1 Å². The molecule has 27 heavy (non-hydrogen) atoms. The Morgan fingerprint density at radius 2 is 1.44 bits per heavy atom. The number of rotatable bonds is 19. The topological polar surface area (TPSA) is 86.3 Å². The van der Waals surface area contributed by atoms with Crippen molar-refractivity contribution in [1.29, 1.82) is 0 Å². The SMILES string of the molecule is CCOCOCCNC(=O)CCCCCCC(=O)N(I)CCOCOCC. The molecule has 8 nitrogen and oxygen atoms in total. The maximum Gasteiger partial charge on any atom is 0.231 e. The first-order valence-electron chi connectivity index (χ1n) is 9.65. The Kier molecular flexibility index (Phi) is 19.9. The summed E-state index contributed by atoms with van der Waals surface area (Å²) in [6, 6.07) is 0. The number of amides is 2. The molecule has 0 heterocycles. The summed E-state index contributed by atoms with van der Waals surface area (Å²) in [5, 5.41) is 2.81. The fourth-order valence-electron chi connectivity index (χ4n) is 2.06. The number of carbonyl (C=O) groups is 2. The number of ether oxygens (including phenoxy) is 4. The van der Waals surface area contributed by atoms with Gasteiger partial charge in [-0.1, -0.05) is 12.8 Å². The molecule has 0 aliphatic heterocycles. The lowest BCUT2D eigenvalue weighted by atomic mass is 10.1. The van der Waals surface area contributed by atoms with Gasteiger partial charge in [0, 0.05) is 32.6 Å². The molecule has 0 aromatic rings. The first kappa shape index (κ1) is 26.5. The molecular formula is C18H35IN2O6. The van der Waals surface area contributed by atoms with Gasteiger partial charge in [0.25, 0.3) is 0 Å². The number of nitrogens with one attached hydrogen (secondary N) is 1. The van der Waals surface area contributed by atoms with Gasteiger partial charge in [0.15, 0.2) is 0 Å². The van der Waals surface area contributed by atoms with Crippen molar-refractivity contribution in [3.63, 3.8) is 0 Å². The van der Waals surface area contributed by atoms with Crippen LogP contribution in [0.15, 0.2) is 0 Å². The minimum atomic E-state index is 0.0385. The van der Waals surface area contributed by atoms with E-state index in [-0.39, 0.29) is 25.4 Å². The normalized spacial score (nSPS) is 10.8. The summed E-state index contributed by atoms with van der Waals surface area (Å²) in [4.78, 5) is 23.6. The highest BCUT2D eigenvalue weighted by atomic mass is 127. The highest BCUT2D eigenvalue weighted by Crippen LogP contribution is 2.09. The number of halogens is 1. The van der Waals surface area contributed by atoms with Crippen LogP contribution in [-0.2, 0) is 28.5 Å². The maximum atomic E-state index is 12.0. The molecule has 0 bridgehead atoms. The predicted octanol–water partition coefficient (Wildman–Crippen LogP) is 2.64. The molecule has 0 saturated carbocycles. The minimum Gasteiger partial charge on any atom is -0.356 e. The Hall–Kier alpha value is -0.490. The van der Waals surface area contributed by atoms with Crippen LogP contribution in [0.2, 0.25) is 0 Å². The van der Waals surface area contributed by atoms with Gasteiger partial charge in [-0.15, -0.1) is 0 Å². The van der Waals surface area contributed by atoms with Crippen molar-refractivity contribution < 1.29 is 28.5 Å². The molecule has 0 rings (SSSR count). The van der Waals surface area contributed by atoms with E-state index in [2.05, 4.69) is 5.32 Å². The number of nitrogens with zero attached hydrogens (tertiary/aromatic N) is 1. The van der Waals surface area contributed by atoms with E-state index in [0.717, 1.165) is 25.7 Å². The molecule has 0 spiro atoms. The van der Waals surface area contributed by atoms with Crippen LogP contribution in [0, 0.1) is 0 Å². The van der Waals surface area contributed by atoms with E-state index in [1.54, 1.807) is 3.11 Å². The van der Waals surface area contributed by atoms with E-state index in [4.69, 9.17) is 18.9 Å². The minimum absolute atomic E-state index is 0.0385. The summed E-state index contributed by atoms with van der Waals surface area (Å²) >= 11 is 2.02. The Morgan fingerprint density at radius 1 is 0.852 bits per heavy atom. The largest absolute Gasteiger partial charge is 0.356 e. The van der Waals surface area contributed by atoms with Crippen LogP contribution in [0.1, 0.15) is 52.4 Å². The van der Waals surface area contributed by atoms with Crippen molar-refractivity contribution in [3.05, 3.63) is 0 Å². The number of carbonyl (C=O) groups excluding carboxylic acids is 2. The van der Waals surface area contributed by atoms with Gasteiger partial charge in [-0.3, -0.25) is 12.7 Å². The van der Waals surface area contributed by atoms with Crippen LogP contribution < -0.4 is 5.32 Å². The van der Waals surface area contributed by atoms with Gasteiger partial charge >= 0.3 is 0 Å². The second-order valence-corrected chi connectivity index (χ2v) is 6.95. The Morgan fingerprint density at radius 3 is 2.07 bits per heavy atom. The van der Waals surface area contributed by atoms with E-state index in [1.807, 2.05) is 36.7 Å². The second kappa shape index (κ2) is 20.2. The monoisotopic (exact) mass is 502 g/mol. The van der Waals surface area contributed by atoms with E-state index in [1.165, 1.54) is 0 Å². The molecule has 2 amide bonds. The van der Waals surface area contributed by atoms with Gasteiger partial charge in [0.05, 0.1) is 42.6 Å². The number of hydrogen-bond donors (Lipinski definition) is 1. The third-order valence-corrected chi connectivity index (χ3v) is 4.58. The summed E-state index contributed by atoms with van der Waals surface area (Å²) in [6.45, 7) is 7.57. The van der Waals surface area contributed by atoms with Gasteiger partial charge in [-0.05, 0) is 26.7 Å². The summed E-state index contributed by atoms with van der Waals surface area (Å²) in [6.07, 6.45) is 4.60. The first-order valence-corrected chi connectivity index (χ1v) is 10.6. The fraction of sp³-hybridized carbons (Fsp3) is 0.889. The van der Waals surface area contributed by atoms with E-state index >= 15 is 0 Å². The van der Waals surface area contributed by atoms with Crippen LogP contribution in [0.25, 0.3) is 0 Å². The fourth-order valence-corrected chi connectivity index (χ4v) is 2.50. The quantitative estimate of drug-likeness (QED) is 0.127. The third-order valence-electron chi connectivity index (χ3n) is 3.56. The van der Waals surface area contributed by atoms with Gasteiger partial charge in [-0.25, -0.2) is 0 Å². The maximum absolute atomic E-state index is 12.0. The van der Waals surface area contributed by atoms with Crippen molar-refractivity contribution in [3.8, 4) is 0 Å². The summed E-state index contributed by atoms with van der Waals surface area (Å²) < 4.78 is 22.2. The molecular weight excluding hydrogens is 467 g/mol. The average Bonchev–Trinajstić information content (AvgIpc) is 2.66. The molecule has 1 N–H and O–H groups in total.